The maximum Gasteiger partial charge on any atom is 0.0963 e. The van der Waals surface area contributed by atoms with Crippen molar-refractivity contribution in [2.45, 2.75) is 44.4 Å². The van der Waals surface area contributed by atoms with Gasteiger partial charge in [0.2, 0.25) is 0 Å². The Bertz CT molecular complexity index is 392. The molecule has 3 nitrogen and oxygen atoms in total. The molecule has 0 saturated carbocycles. The molecule has 1 N–H and O–H groups in total. The van der Waals surface area contributed by atoms with E-state index >= 15 is 0 Å². The molecular weight excluding hydrogens is 244 g/mol. The number of ether oxygens (including phenoxy) is 1. The zero-order chi connectivity index (χ0) is 12.4. The van der Waals surface area contributed by atoms with E-state index in [0.29, 0.717) is 11.8 Å². The van der Waals surface area contributed by atoms with E-state index in [4.69, 9.17) is 9.72 Å². The van der Waals surface area contributed by atoms with E-state index < -0.39 is 0 Å². The van der Waals surface area contributed by atoms with Crippen molar-refractivity contribution in [1.82, 2.24) is 10.3 Å². The first-order valence-corrected chi connectivity index (χ1v) is 7.92. The number of piperidine rings is 1. The first-order valence-electron chi connectivity index (χ1n) is 7.10. The van der Waals surface area contributed by atoms with E-state index in [1.54, 1.807) is 0 Å². The maximum absolute atomic E-state index is 5.44. The monoisotopic (exact) mass is 266 g/mol. The predicted octanol–water partition coefficient (Wildman–Crippen LogP) is 2.81. The maximum atomic E-state index is 5.44. The fourth-order valence-electron chi connectivity index (χ4n) is 3.00. The third-order valence-corrected chi connectivity index (χ3v) is 5.57. The van der Waals surface area contributed by atoms with Crippen LogP contribution < -0.4 is 5.32 Å². The van der Waals surface area contributed by atoms with Gasteiger partial charge in [0.05, 0.1) is 10.7 Å². The lowest BCUT2D eigenvalue weighted by Gasteiger charge is -2.22. The second kappa shape index (κ2) is 5.68. The summed E-state index contributed by atoms with van der Waals surface area (Å²) < 4.78 is 5.44. The third-order valence-electron chi connectivity index (χ3n) is 4.09. The van der Waals surface area contributed by atoms with Crippen LogP contribution in [0.2, 0.25) is 0 Å². The molecule has 3 heterocycles. The van der Waals surface area contributed by atoms with Crippen LogP contribution in [0.15, 0.2) is 0 Å². The molecule has 0 amide bonds. The highest BCUT2D eigenvalue weighted by atomic mass is 32.1. The standard InChI is InChI=1S/C14H22N2OS/c1-10-13(12-3-2-6-15-9-12)18-14(16-10)11-4-7-17-8-5-11/h11-12,15H,2-9H2,1H3. The molecule has 1 atom stereocenters. The lowest BCUT2D eigenvalue weighted by Crippen LogP contribution is -2.28. The number of aromatic nitrogens is 1. The zero-order valence-corrected chi connectivity index (χ0v) is 11.9. The summed E-state index contributed by atoms with van der Waals surface area (Å²) in [5, 5.41) is 4.87. The van der Waals surface area contributed by atoms with Gasteiger partial charge in [-0.25, -0.2) is 4.98 Å². The van der Waals surface area contributed by atoms with Crippen LogP contribution in [0, 0.1) is 6.92 Å². The van der Waals surface area contributed by atoms with E-state index in [-0.39, 0.29) is 0 Å². The Labute approximate surface area is 113 Å². The van der Waals surface area contributed by atoms with Crippen LogP contribution >= 0.6 is 11.3 Å². The van der Waals surface area contributed by atoms with Gasteiger partial charge in [0.15, 0.2) is 0 Å². The second-order valence-electron chi connectivity index (χ2n) is 5.43. The molecule has 0 spiro atoms. The zero-order valence-electron chi connectivity index (χ0n) is 11.1. The number of nitrogens with zero attached hydrogens (tertiary/aromatic N) is 1. The van der Waals surface area contributed by atoms with Gasteiger partial charge in [-0.1, -0.05) is 0 Å². The number of nitrogens with one attached hydrogen (secondary N) is 1. The van der Waals surface area contributed by atoms with Gasteiger partial charge in [0.25, 0.3) is 0 Å². The molecule has 2 aliphatic heterocycles. The molecule has 1 unspecified atom stereocenters. The number of thiazole rings is 1. The summed E-state index contributed by atoms with van der Waals surface area (Å²) in [6.07, 6.45) is 4.92. The first kappa shape index (κ1) is 12.6. The lowest BCUT2D eigenvalue weighted by atomic mass is 9.97. The summed E-state index contributed by atoms with van der Waals surface area (Å²) >= 11 is 1.97. The van der Waals surface area contributed by atoms with E-state index in [9.17, 15) is 0 Å². The second-order valence-corrected chi connectivity index (χ2v) is 6.49. The molecule has 0 radical (unpaired) electrons. The molecule has 2 aliphatic rings. The van der Waals surface area contributed by atoms with Gasteiger partial charge in [-0.2, -0.15) is 0 Å². The predicted molar refractivity (Wildman–Crippen MR) is 74.5 cm³/mol. The van der Waals surface area contributed by atoms with Crippen LogP contribution in [0.4, 0.5) is 0 Å². The van der Waals surface area contributed by atoms with E-state index in [1.807, 2.05) is 11.3 Å². The van der Waals surface area contributed by atoms with Gasteiger partial charge in [0.1, 0.15) is 0 Å². The molecular formula is C14H22N2OS. The van der Waals surface area contributed by atoms with Crippen LogP contribution in [0.3, 0.4) is 0 Å². The highest BCUT2D eigenvalue weighted by Crippen LogP contribution is 2.36. The first-order chi connectivity index (χ1) is 8.84. The molecule has 0 aliphatic carbocycles. The van der Waals surface area contributed by atoms with Crippen LogP contribution in [0.25, 0.3) is 0 Å². The van der Waals surface area contributed by atoms with E-state index in [0.717, 1.165) is 32.6 Å². The van der Waals surface area contributed by atoms with Gasteiger partial charge in [-0.15, -0.1) is 11.3 Å². The summed E-state index contributed by atoms with van der Waals surface area (Å²) in [5.74, 6) is 1.34. The number of hydrogen-bond acceptors (Lipinski definition) is 4. The number of aryl methyl sites for hydroxylation is 1. The summed E-state index contributed by atoms with van der Waals surface area (Å²) in [7, 11) is 0. The van der Waals surface area contributed by atoms with Crippen molar-refractivity contribution in [2.24, 2.45) is 0 Å². The Morgan fingerprint density at radius 3 is 2.78 bits per heavy atom. The fourth-order valence-corrected chi connectivity index (χ4v) is 4.37. The average molecular weight is 266 g/mol. The topological polar surface area (TPSA) is 34.1 Å². The SMILES string of the molecule is Cc1nc(C2CCOCC2)sc1C1CCCNC1. The Morgan fingerprint density at radius 1 is 1.22 bits per heavy atom. The third kappa shape index (κ3) is 2.60. The van der Waals surface area contributed by atoms with Crippen molar-refractivity contribution < 1.29 is 4.74 Å². The van der Waals surface area contributed by atoms with Gasteiger partial charge in [0, 0.05) is 36.5 Å². The van der Waals surface area contributed by atoms with Gasteiger partial charge in [-0.05, 0) is 39.2 Å². The minimum Gasteiger partial charge on any atom is -0.381 e. The van der Waals surface area contributed by atoms with Crippen molar-refractivity contribution in [3.05, 3.63) is 15.6 Å². The summed E-state index contributed by atoms with van der Waals surface area (Å²) in [4.78, 5) is 6.38. The highest BCUT2D eigenvalue weighted by molar-refractivity contribution is 7.12. The van der Waals surface area contributed by atoms with Crippen LogP contribution in [-0.4, -0.2) is 31.3 Å². The Balaban J connectivity index is 1.76. The Morgan fingerprint density at radius 2 is 2.06 bits per heavy atom. The van der Waals surface area contributed by atoms with Crippen molar-refractivity contribution >= 4 is 11.3 Å². The average Bonchev–Trinajstić information content (AvgIpc) is 2.83. The molecule has 100 valence electrons. The molecule has 3 rings (SSSR count). The van der Waals surface area contributed by atoms with Crippen LogP contribution in [0.5, 0.6) is 0 Å². The molecule has 18 heavy (non-hydrogen) atoms. The van der Waals surface area contributed by atoms with Gasteiger partial charge >= 0.3 is 0 Å². The summed E-state index contributed by atoms with van der Waals surface area (Å²) in [6, 6.07) is 0. The van der Waals surface area contributed by atoms with Crippen molar-refractivity contribution in [3.8, 4) is 0 Å². The normalized spacial score (nSPS) is 26.4. The molecule has 1 aromatic heterocycles. The Kier molecular flexibility index (Phi) is 3.97. The minimum atomic E-state index is 0.646. The van der Waals surface area contributed by atoms with Crippen molar-refractivity contribution in [1.29, 1.82) is 0 Å². The molecule has 2 saturated heterocycles. The van der Waals surface area contributed by atoms with Gasteiger partial charge in [-0.3, -0.25) is 0 Å². The molecule has 0 bridgehead atoms. The van der Waals surface area contributed by atoms with E-state index in [1.165, 1.54) is 35.0 Å². The minimum absolute atomic E-state index is 0.646. The fraction of sp³-hybridized carbons (Fsp3) is 0.786. The smallest absolute Gasteiger partial charge is 0.0963 e. The lowest BCUT2D eigenvalue weighted by molar-refractivity contribution is 0.0852. The van der Waals surface area contributed by atoms with Crippen LogP contribution in [-0.2, 0) is 4.74 Å². The molecule has 1 aromatic rings. The number of rotatable bonds is 2. The van der Waals surface area contributed by atoms with E-state index in [2.05, 4.69) is 12.2 Å². The summed E-state index contributed by atoms with van der Waals surface area (Å²) in [6.45, 7) is 6.31. The highest BCUT2D eigenvalue weighted by Gasteiger charge is 2.24. The summed E-state index contributed by atoms with van der Waals surface area (Å²) in [5.41, 5.74) is 1.27. The Hall–Kier alpha value is -0.450. The number of hydrogen-bond donors (Lipinski definition) is 1. The van der Waals surface area contributed by atoms with Gasteiger partial charge < -0.3 is 10.1 Å². The quantitative estimate of drug-likeness (QED) is 0.894. The van der Waals surface area contributed by atoms with Crippen LogP contribution in [0.1, 0.15) is 53.1 Å². The largest absolute Gasteiger partial charge is 0.381 e. The van der Waals surface area contributed by atoms with Crippen molar-refractivity contribution in [3.63, 3.8) is 0 Å². The molecule has 4 heteroatoms. The molecule has 0 aromatic carbocycles. The van der Waals surface area contributed by atoms with Crippen molar-refractivity contribution in [2.75, 3.05) is 26.3 Å². The molecule has 2 fully saturated rings.